The predicted molar refractivity (Wildman–Crippen MR) is 77.9 cm³/mol. The van der Waals surface area contributed by atoms with Gasteiger partial charge < -0.3 is 10.6 Å². The summed E-state index contributed by atoms with van der Waals surface area (Å²) in [6.45, 7) is 2.24. The molecule has 2 rings (SSSR count). The van der Waals surface area contributed by atoms with E-state index in [0.717, 1.165) is 22.2 Å². The molecule has 92 valence electrons. The Morgan fingerprint density at radius 1 is 1.53 bits per heavy atom. The lowest BCUT2D eigenvalue weighted by molar-refractivity contribution is 0.609. The minimum absolute atomic E-state index is 0.423. The maximum atomic E-state index is 6.05. The van der Waals surface area contributed by atoms with Crippen molar-refractivity contribution in [3.05, 3.63) is 28.8 Å². The molecule has 1 aromatic carbocycles. The van der Waals surface area contributed by atoms with Crippen LogP contribution in [0.15, 0.2) is 18.2 Å². The van der Waals surface area contributed by atoms with E-state index in [2.05, 4.69) is 18.9 Å². The molecule has 1 fully saturated rings. The molecule has 0 bridgehead atoms. The Bertz CT molecular complexity index is 443. The van der Waals surface area contributed by atoms with Crippen LogP contribution < -0.4 is 10.6 Å². The standard InChI is InChI=1S/C13H17ClN2S/c1-8(9-3-4-9)16(2)12-7-10(14)5-6-11(12)13(15)17/h5-9H,3-4H2,1-2H3,(H2,15,17). The molecule has 2 N–H and O–H groups in total. The summed E-state index contributed by atoms with van der Waals surface area (Å²) >= 11 is 11.1. The first-order valence-electron chi connectivity index (χ1n) is 5.83. The van der Waals surface area contributed by atoms with Gasteiger partial charge in [0, 0.05) is 29.4 Å². The van der Waals surface area contributed by atoms with Gasteiger partial charge in [-0.1, -0.05) is 23.8 Å². The second kappa shape index (κ2) is 4.83. The van der Waals surface area contributed by atoms with Crippen LogP contribution in [-0.4, -0.2) is 18.1 Å². The highest BCUT2D eigenvalue weighted by Gasteiger charge is 2.31. The zero-order valence-corrected chi connectivity index (χ0v) is 11.7. The van der Waals surface area contributed by atoms with Gasteiger partial charge in [0.05, 0.1) is 0 Å². The lowest BCUT2D eigenvalue weighted by Gasteiger charge is -2.29. The summed E-state index contributed by atoms with van der Waals surface area (Å²) in [4.78, 5) is 2.66. The van der Waals surface area contributed by atoms with Gasteiger partial charge in [0.1, 0.15) is 4.99 Å². The SMILES string of the molecule is CC(C1CC1)N(C)c1cc(Cl)ccc1C(N)=S. The van der Waals surface area contributed by atoms with E-state index in [1.54, 1.807) is 0 Å². The zero-order chi connectivity index (χ0) is 12.6. The Morgan fingerprint density at radius 3 is 2.71 bits per heavy atom. The summed E-state index contributed by atoms with van der Waals surface area (Å²) in [5.41, 5.74) is 7.69. The molecule has 0 aromatic heterocycles. The lowest BCUT2D eigenvalue weighted by atomic mass is 10.1. The molecule has 4 heteroatoms. The van der Waals surface area contributed by atoms with E-state index in [0.29, 0.717) is 11.0 Å². The third-order valence-corrected chi connectivity index (χ3v) is 3.98. The minimum atomic E-state index is 0.423. The summed E-state index contributed by atoms with van der Waals surface area (Å²) in [7, 11) is 2.08. The first-order chi connectivity index (χ1) is 8.00. The zero-order valence-electron chi connectivity index (χ0n) is 10.1. The fourth-order valence-electron chi connectivity index (χ4n) is 2.12. The molecule has 0 amide bonds. The van der Waals surface area contributed by atoms with E-state index in [-0.39, 0.29) is 0 Å². The molecule has 1 aliphatic carbocycles. The van der Waals surface area contributed by atoms with E-state index in [9.17, 15) is 0 Å². The highest BCUT2D eigenvalue weighted by Crippen LogP contribution is 2.37. The normalized spacial score (nSPS) is 16.6. The van der Waals surface area contributed by atoms with Gasteiger partial charge in [-0.15, -0.1) is 0 Å². The van der Waals surface area contributed by atoms with Crippen LogP contribution in [0, 0.1) is 5.92 Å². The molecule has 1 atom stereocenters. The van der Waals surface area contributed by atoms with Crippen molar-refractivity contribution in [1.82, 2.24) is 0 Å². The highest BCUT2D eigenvalue weighted by molar-refractivity contribution is 7.80. The van der Waals surface area contributed by atoms with Crippen LogP contribution in [-0.2, 0) is 0 Å². The molecule has 1 aliphatic rings. The molecule has 0 aliphatic heterocycles. The lowest BCUT2D eigenvalue weighted by Crippen LogP contribution is -2.32. The van der Waals surface area contributed by atoms with Crippen molar-refractivity contribution in [1.29, 1.82) is 0 Å². The maximum Gasteiger partial charge on any atom is 0.106 e. The molecule has 1 saturated carbocycles. The largest absolute Gasteiger partial charge is 0.389 e. The highest BCUT2D eigenvalue weighted by atomic mass is 35.5. The monoisotopic (exact) mass is 268 g/mol. The summed E-state index contributed by atoms with van der Waals surface area (Å²) < 4.78 is 0. The third kappa shape index (κ3) is 2.72. The van der Waals surface area contributed by atoms with Gasteiger partial charge in [-0.3, -0.25) is 0 Å². The quantitative estimate of drug-likeness (QED) is 0.851. The molecular formula is C13H17ClN2S. The van der Waals surface area contributed by atoms with Crippen molar-refractivity contribution in [2.75, 3.05) is 11.9 Å². The molecule has 0 spiro atoms. The second-order valence-corrected chi connectivity index (χ2v) is 5.59. The molecule has 0 saturated heterocycles. The van der Waals surface area contributed by atoms with Crippen LogP contribution >= 0.6 is 23.8 Å². The van der Waals surface area contributed by atoms with Gasteiger partial charge in [-0.05, 0) is 43.9 Å². The summed E-state index contributed by atoms with van der Waals surface area (Å²) in [5.74, 6) is 0.790. The predicted octanol–water partition coefficient (Wildman–Crippen LogP) is 3.21. The van der Waals surface area contributed by atoms with Crippen LogP contribution in [0.1, 0.15) is 25.3 Å². The molecule has 0 radical (unpaired) electrons. The average molecular weight is 269 g/mol. The van der Waals surface area contributed by atoms with Crippen LogP contribution in [0.25, 0.3) is 0 Å². The maximum absolute atomic E-state index is 6.05. The van der Waals surface area contributed by atoms with E-state index in [1.807, 2.05) is 18.2 Å². The second-order valence-electron chi connectivity index (χ2n) is 4.71. The first kappa shape index (κ1) is 12.7. The van der Waals surface area contributed by atoms with Gasteiger partial charge in [-0.25, -0.2) is 0 Å². The topological polar surface area (TPSA) is 29.3 Å². The van der Waals surface area contributed by atoms with Gasteiger partial charge in [0.15, 0.2) is 0 Å². The number of hydrogen-bond donors (Lipinski definition) is 1. The summed E-state index contributed by atoms with van der Waals surface area (Å²) in [5, 5.41) is 0.717. The molecule has 0 heterocycles. The number of nitrogens with two attached hydrogens (primary N) is 1. The summed E-state index contributed by atoms with van der Waals surface area (Å²) in [6, 6.07) is 6.17. The van der Waals surface area contributed by atoms with E-state index >= 15 is 0 Å². The molecule has 1 aromatic rings. The number of hydrogen-bond acceptors (Lipinski definition) is 2. The molecular weight excluding hydrogens is 252 g/mol. The molecule has 1 unspecified atom stereocenters. The third-order valence-electron chi connectivity index (χ3n) is 3.52. The number of halogens is 1. The number of anilines is 1. The number of nitrogens with zero attached hydrogens (tertiary/aromatic N) is 1. The van der Waals surface area contributed by atoms with Crippen molar-refractivity contribution in [3.8, 4) is 0 Å². The number of rotatable bonds is 4. The number of benzene rings is 1. The summed E-state index contributed by atoms with van der Waals surface area (Å²) in [6.07, 6.45) is 2.63. The van der Waals surface area contributed by atoms with Gasteiger partial charge in [0.25, 0.3) is 0 Å². The van der Waals surface area contributed by atoms with Gasteiger partial charge in [0.2, 0.25) is 0 Å². The molecule has 17 heavy (non-hydrogen) atoms. The van der Waals surface area contributed by atoms with Crippen molar-refractivity contribution >= 4 is 34.5 Å². The molecule has 2 nitrogen and oxygen atoms in total. The van der Waals surface area contributed by atoms with Crippen molar-refractivity contribution < 1.29 is 0 Å². The van der Waals surface area contributed by atoms with Crippen LogP contribution in [0.2, 0.25) is 5.02 Å². The Labute approximate surface area is 113 Å². The van der Waals surface area contributed by atoms with Crippen molar-refractivity contribution in [3.63, 3.8) is 0 Å². The van der Waals surface area contributed by atoms with Crippen LogP contribution in [0.5, 0.6) is 0 Å². The van der Waals surface area contributed by atoms with Crippen molar-refractivity contribution in [2.45, 2.75) is 25.8 Å². The minimum Gasteiger partial charge on any atom is -0.389 e. The average Bonchev–Trinajstić information content (AvgIpc) is 3.10. The Hall–Kier alpha value is -0.800. The first-order valence-corrected chi connectivity index (χ1v) is 6.61. The Kier molecular flexibility index (Phi) is 3.59. The fourth-order valence-corrected chi connectivity index (χ4v) is 2.46. The van der Waals surface area contributed by atoms with Crippen LogP contribution in [0.3, 0.4) is 0 Å². The van der Waals surface area contributed by atoms with Crippen molar-refractivity contribution in [2.24, 2.45) is 11.7 Å². The smallest absolute Gasteiger partial charge is 0.106 e. The Morgan fingerprint density at radius 2 is 2.18 bits per heavy atom. The van der Waals surface area contributed by atoms with Gasteiger partial charge in [-0.2, -0.15) is 0 Å². The fraction of sp³-hybridized carbons (Fsp3) is 0.462. The van der Waals surface area contributed by atoms with E-state index in [4.69, 9.17) is 29.6 Å². The number of thiocarbonyl (C=S) groups is 1. The van der Waals surface area contributed by atoms with Gasteiger partial charge >= 0.3 is 0 Å². The van der Waals surface area contributed by atoms with Crippen LogP contribution in [0.4, 0.5) is 5.69 Å². The Balaban J connectivity index is 2.34. The van der Waals surface area contributed by atoms with E-state index in [1.165, 1.54) is 12.8 Å². The van der Waals surface area contributed by atoms with E-state index < -0.39 is 0 Å².